The number of aliphatic hydroxyl groups is 2. The van der Waals surface area contributed by atoms with Crippen molar-refractivity contribution >= 4 is 18.0 Å². The number of carbonyl (C=O) groups excluding carboxylic acids is 2. The number of aliphatic carboxylic acids is 1. The Balaban J connectivity index is 0.000000535. The van der Waals surface area contributed by atoms with E-state index in [4.69, 9.17) is 25.4 Å². The van der Waals surface area contributed by atoms with Gasteiger partial charge in [0.1, 0.15) is 25.3 Å². The van der Waals surface area contributed by atoms with Crippen LogP contribution in [0, 0.1) is 0 Å². The number of nitrogens with two attached hydrogens (primary N) is 1. The average molecular weight is 581 g/mol. The van der Waals surface area contributed by atoms with Crippen LogP contribution in [0.5, 0.6) is 0 Å². The monoisotopic (exact) mass is 580 g/mol. The number of nitrogens with one attached hydrogen (secondary N) is 1. The molecule has 42 heavy (non-hydrogen) atoms. The van der Waals surface area contributed by atoms with Crippen molar-refractivity contribution in [2.75, 3.05) is 19.8 Å². The van der Waals surface area contributed by atoms with E-state index in [0.29, 0.717) is 0 Å². The van der Waals surface area contributed by atoms with Crippen molar-refractivity contribution in [2.45, 2.75) is 51.3 Å². The summed E-state index contributed by atoms with van der Waals surface area (Å²) in [5.74, 6) is -1.76. The number of alkyl carbamates (subject to hydrolysis) is 1. The van der Waals surface area contributed by atoms with Crippen LogP contribution in [0.1, 0.15) is 49.3 Å². The van der Waals surface area contributed by atoms with Crippen LogP contribution >= 0.6 is 0 Å². The summed E-state index contributed by atoms with van der Waals surface area (Å²) >= 11 is 0. The first kappa shape index (κ1) is 34.0. The summed E-state index contributed by atoms with van der Waals surface area (Å²) in [6.45, 7) is 3.79. The number of hydrogen-bond donors (Lipinski definition) is 5. The number of hydrogen-bond acceptors (Lipinski definition) is 8. The lowest BCUT2D eigenvalue weighted by molar-refractivity contribution is -0.147. The minimum absolute atomic E-state index is 0.0395. The molecular formula is C32H40N2O8. The summed E-state index contributed by atoms with van der Waals surface area (Å²) < 4.78 is 10.8. The van der Waals surface area contributed by atoms with E-state index in [2.05, 4.69) is 17.4 Å². The van der Waals surface area contributed by atoms with E-state index in [0.717, 1.165) is 27.8 Å². The van der Waals surface area contributed by atoms with Crippen molar-refractivity contribution < 1.29 is 39.2 Å². The third-order valence-corrected chi connectivity index (χ3v) is 6.32. The molecule has 0 aromatic heterocycles. The van der Waals surface area contributed by atoms with Crippen molar-refractivity contribution in [3.63, 3.8) is 0 Å². The number of aliphatic hydroxyl groups excluding tert-OH is 2. The second-order valence-corrected chi connectivity index (χ2v) is 9.09. The molecule has 0 heterocycles. The summed E-state index contributed by atoms with van der Waals surface area (Å²) in [4.78, 5) is 34.7. The molecule has 0 fully saturated rings. The molecule has 0 spiro atoms. The number of fused-ring (bicyclic) bond motifs is 3. The molecule has 2 atom stereocenters. The maximum absolute atomic E-state index is 12.5. The fourth-order valence-electron chi connectivity index (χ4n) is 4.25. The molecular weight excluding hydrogens is 540 g/mol. The predicted octanol–water partition coefficient (Wildman–Crippen LogP) is 3.83. The third kappa shape index (κ3) is 9.99. The van der Waals surface area contributed by atoms with E-state index in [1.54, 1.807) is 0 Å². The second kappa shape index (κ2) is 18.2. The van der Waals surface area contributed by atoms with Crippen LogP contribution in [-0.2, 0) is 25.7 Å². The summed E-state index contributed by atoms with van der Waals surface area (Å²) in [6, 6.07) is 23.5. The number of carboxylic acids is 1. The molecule has 1 amide bonds. The molecule has 4 rings (SSSR count). The quantitative estimate of drug-likeness (QED) is 0.212. The number of ether oxygens (including phenoxy) is 2. The molecule has 3 aromatic carbocycles. The van der Waals surface area contributed by atoms with Crippen molar-refractivity contribution in [2.24, 2.45) is 5.73 Å². The highest BCUT2D eigenvalue weighted by Gasteiger charge is 2.30. The number of carboxylic acid groups (broad SMARTS) is 1. The maximum Gasteiger partial charge on any atom is 0.407 e. The van der Waals surface area contributed by atoms with Crippen LogP contribution in [0.3, 0.4) is 0 Å². The van der Waals surface area contributed by atoms with Crippen molar-refractivity contribution in [3.8, 4) is 11.1 Å². The lowest BCUT2D eigenvalue weighted by Crippen LogP contribution is -2.43. The third-order valence-electron chi connectivity index (χ3n) is 6.32. The molecule has 0 saturated carbocycles. The molecule has 10 heteroatoms. The molecule has 10 nitrogen and oxygen atoms in total. The lowest BCUT2D eigenvalue weighted by atomic mass is 9.98. The van der Waals surface area contributed by atoms with Gasteiger partial charge in [0, 0.05) is 25.6 Å². The number of esters is 1. The van der Waals surface area contributed by atoms with Crippen LogP contribution < -0.4 is 11.1 Å². The number of benzene rings is 3. The smallest absolute Gasteiger partial charge is 0.407 e. The van der Waals surface area contributed by atoms with E-state index < -0.39 is 30.1 Å². The normalized spacial score (nSPS) is 12.6. The highest BCUT2D eigenvalue weighted by atomic mass is 16.6. The summed E-state index contributed by atoms with van der Waals surface area (Å²) in [5, 5.41) is 28.1. The van der Waals surface area contributed by atoms with E-state index >= 15 is 0 Å². The molecule has 6 N–H and O–H groups in total. The Bertz CT molecular complexity index is 1220. The minimum atomic E-state index is -1.07. The molecule has 0 bridgehead atoms. The van der Waals surface area contributed by atoms with Gasteiger partial charge in [-0.2, -0.15) is 0 Å². The van der Waals surface area contributed by atoms with Crippen molar-refractivity contribution in [1.29, 1.82) is 0 Å². The largest absolute Gasteiger partial charge is 0.480 e. The molecule has 0 saturated heterocycles. The van der Waals surface area contributed by atoms with Crippen LogP contribution in [0.25, 0.3) is 11.1 Å². The van der Waals surface area contributed by atoms with Gasteiger partial charge < -0.3 is 35.8 Å². The van der Waals surface area contributed by atoms with Gasteiger partial charge in [-0.05, 0) is 34.2 Å². The molecule has 0 radical (unpaired) electrons. The number of carbonyl (C=O) groups is 3. The molecule has 3 aromatic rings. The highest BCUT2D eigenvalue weighted by Crippen LogP contribution is 2.44. The minimum Gasteiger partial charge on any atom is -0.480 e. The Kier molecular flexibility index (Phi) is 14.7. The van der Waals surface area contributed by atoms with Crippen LogP contribution in [0.2, 0.25) is 0 Å². The first-order valence-corrected chi connectivity index (χ1v) is 13.9. The molecule has 0 unspecified atom stereocenters. The molecule has 226 valence electrons. The zero-order chi connectivity index (χ0) is 30.9. The Morgan fingerprint density at radius 2 is 1.33 bits per heavy atom. The average Bonchev–Trinajstić information content (AvgIpc) is 3.34. The van der Waals surface area contributed by atoms with Gasteiger partial charge in [0.2, 0.25) is 0 Å². The molecule has 0 aliphatic heterocycles. The SMILES string of the molecule is CC.N[C@H](CCO)C(=O)O.O=C(N[C@H](CCO)C(=O)OCc1ccccc1)OCC1c2ccccc2-c2ccccc21. The van der Waals surface area contributed by atoms with Gasteiger partial charge >= 0.3 is 18.0 Å². The van der Waals surface area contributed by atoms with Crippen molar-refractivity contribution in [3.05, 3.63) is 95.6 Å². The van der Waals surface area contributed by atoms with Gasteiger partial charge in [0.25, 0.3) is 0 Å². The fraction of sp³-hybridized carbons (Fsp3) is 0.344. The zero-order valence-electron chi connectivity index (χ0n) is 23.9. The Morgan fingerprint density at radius 1 is 0.810 bits per heavy atom. The van der Waals surface area contributed by atoms with Gasteiger partial charge in [-0.25, -0.2) is 9.59 Å². The highest BCUT2D eigenvalue weighted by molar-refractivity contribution is 5.82. The fourth-order valence-corrected chi connectivity index (χ4v) is 4.25. The van der Waals surface area contributed by atoms with Gasteiger partial charge in [-0.15, -0.1) is 0 Å². The van der Waals surface area contributed by atoms with E-state index in [1.807, 2.05) is 80.6 Å². The van der Waals surface area contributed by atoms with Gasteiger partial charge in [0.05, 0.1) is 0 Å². The van der Waals surface area contributed by atoms with Crippen molar-refractivity contribution in [1.82, 2.24) is 5.32 Å². The van der Waals surface area contributed by atoms with Gasteiger partial charge in [-0.3, -0.25) is 4.79 Å². The second-order valence-electron chi connectivity index (χ2n) is 9.09. The standard InChI is InChI=1S/C26H25NO5.C4H9NO3.C2H6/c28-15-14-24(25(29)31-16-18-8-2-1-3-9-18)27-26(30)32-17-23-21-12-6-4-10-19(21)20-11-5-7-13-22(20)23;5-3(1-2-6)4(7)8;1-2/h1-13,23-24,28H,14-17H2,(H,27,30);3,6H,1-2,5H2,(H,7,8);1-2H3/t24-;3-;/m11./s1. The number of amides is 1. The number of rotatable bonds is 11. The zero-order valence-corrected chi connectivity index (χ0v) is 23.9. The maximum atomic E-state index is 12.5. The summed E-state index contributed by atoms with van der Waals surface area (Å²) in [5.41, 5.74) is 10.3. The molecule has 1 aliphatic rings. The lowest BCUT2D eigenvalue weighted by Gasteiger charge is -2.18. The van der Waals surface area contributed by atoms with Gasteiger partial charge in [-0.1, -0.05) is 92.7 Å². The first-order valence-electron chi connectivity index (χ1n) is 13.9. The molecule has 1 aliphatic carbocycles. The Hall–Kier alpha value is -4.25. The van der Waals surface area contributed by atoms with Gasteiger partial charge in [0.15, 0.2) is 0 Å². The Labute approximate surface area is 246 Å². The van der Waals surface area contributed by atoms with Crippen LogP contribution in [-0.4, -0.2) is 65.3 Å². The summed E-state index contributed by atoms with van der Waals surface area (Å²) in [7, 11) is 0. The first-order chi connectivity index (χ1) is 20.3. The Morgan fingerprint density at radius 3 is 1.83 bits per heavy atom. The van der Waals surface area contributed by atoms with E-state index in [9.17, 15) is 19.5 Å². The van der Waals surface area contributed by atoms with Crippen LogP contribution in [0.4, 0.5) is 4.79 Å². The predicted molar refractivity (Wildman–Crippen MR) is 159 cm³/mol. The van der Waals surface area contributed by atoms with Crippen LogP contribution in [0.15, 0.2) is 78.9 Å². The summed E-state index contributed by atoms with van der Waals surface area (Å²) in [6.07, 6.45) is -0.561. The van der Waals surface area contributed by atoms with E-state index in [1.165, 1.54) is 0 Å². The van der Waals surface area contributed by atoms with E-state index in [-0.39, 0.29) is 45.2 Å². The topological polar surface area (TPSA) is 168 Å².